The van der Waals surface area contributed by atoms with Gasteiger partial charge in [0.05, 0.1) is 31.2 Å². The fourth-order valence-electron chi connectivity index (χ4n) is 3.52. The Morgan fingerprint density at radius 1 is 1.20 bits per heavy atom. The topological polar surface area (TPSA) is 110 Å². The highest BCUT2D eigenvalue weighted by atomic mass is 32.2. The van der Waals surface area contributed by atoms with Crippen LogP contribution in [0.3, 0.4) is 0 Å². The van der Waals surface area contributed by atoms with Gasteiger partial charge in [-0.25, -0.2) is 23.4 Å². The van der Waals surface area contributed by atoms with Crippen molar-refractivity contribution in [2.75, 3.05) is 19.0 Å². The van der Waals surface area contributed by atoms with Gasteiger partial charge >= 0.3 is 0 Å². The van der Waals surface area contributed by atoms with E-state index in [9.17, 15) is 8.42 Å². The normalized spacial score (nSPS) is 17.1. The standard InChI is InChI=1S/C20H22N6O3S/c1-14-6-7-17(29-2)18(11-14)30(27,28)26-10-3-5-16(26)15-12-21-13-19(24-15)25-20-22-8-4-9-23-20/h4,6-9,11-13,16H,3,5,10H2,1-2H3,(H,22,23,24,25)/t16-/m1/s1. The Balaban J connectivity index is 1.66. The third-order valence-corrected chi connectivity index (χ3v) is 6.84. The second kappa shape index (κ2) is 8.33. The molecule has 1 N–H and O–H groups in total. The molecule has 1 atom stereocenters. The SMILES string of the molecule is COc1ccc(C)cc1S(=O)(=O)N1CCC[C@@H]1c1cncc(Nc2ncccn2)n1. The lowest BCUT2D eigenvalue weighted by molar-refractivity contribution is 0.377. The van der Waals surface area contributed by atoms with Crippen LogP contribution >= 0.6 is 0 Å². The summed E-state index contributed by atoms with van der Waals surface area (Å²) >= 11 is 0. The van der Waals surface area contributed by atoms with E-state index in [4.69, 9.17) is 4.74 Å². The van der Waals surface area contributed by atoms with E-state index in [0.29, 0.717) is 36.2 Å². The van der Waals surface area contributed by atoms with Crippen molar-refractivity contribution >= 4 is 21.8 Å². The maximum absolute atomic E-state index is 13.5. The molecular weight excluding hydrogens is 404 g/mol. The second-order valence-corrected chi connectivity index (χ2v) is 8.81. The number of benzene rings is 1. The molecule has 0 saturated carbocycles. The molecule has 1 saturated heterocycles. The molecule has 10 heteroatoms. The van der Waals surface area contributed by atoms with Crippen LogP contribution in [-0.4, -0.2) is 46.3 Å². The second-order valence-electron chi connectivity index (χ2n) is 6.95. The van der Waals surface area contributed by atoms with Crippen molar-refractivity contribution in [3.05, 3.63) is 60.3 Å². The number of rotatable bonds is 6. The van der Waals surface area contributed by atoms with E-state index in [-0.39, 0.29) is 4.90 Å². The van der Waals surface area contributed by atoms with Gasteiger partial charge < -0.3 is 10.1 Å². The van der Waals surface area contributed by atoms with Crippen LogP contribution in [0.5, 0.6) is 5.75 Å². The van der Waals surface area contributed by atoms with Crippen LogP contribution in [0, 0.1) is 6.92 Å². The number of hydrogen-bond acceptors (Lipinski definition) is 8. The number of aromatic nitrogens is 4. The Labute approximate surface area is 175 Å². The van der Waals surface area contributed by atoms with Gasteiger partial charge in [-0.1, -0.05) is 6.07 Å². The zero-order chi connectivity index (χ0) is 21.1. The van der Waals surface area contributed by atoms with Crippen LogP contribution in [0.25, 0.3) is 0 Å². The number of hydrogen-bond donors (Lipinski definition) is 1. The van der Waals surface area contributed by atoms with Gasteiger partial charge in [0, 0.05) is 18.9 Å². The average Bonchev–Trinajstić information content (AvgIpc) is 3.26. The molecule has 156 valence electrons. The van der Waals surface area contributed by atoms with Crippen LogP contribution in [0.4, 0.5) is 11.8 Å². The monoisotopic (exact) mass is 426 g/mol. The van der Waals surface area contributed by atoms with Gasteiger partial charge in [-0.2, -0.15) is 4.31 Å². The summed E-state index contributed by atoms with van der Waals surface area (Å²) < 4.78 is 33.8. The largest absolute Gasteiger partial charge is 0.495 e. The first-order valence-electron chi connectivity index (χ1n) is 9.51. The van der Waals surface area contributed by atoms with E-state index >= 15 is 0 Å². The highest BCUT2D eigenvalue weighted by molar-refractivity contribution is 7.89. The van der Waals surface area contributed by atoms with Crippen LogP contribution in [-0.2, 0) is 10.0 Å². The first kappa shape index (κ1) is 20.2. The molecule has 30 heavy (non-hydrogen) atoms. The zero-order valence-corrected chi connectivity index (χ0v) is 17.5. The van der Waals surface area contributed by atoms with Crippen molar-refractivity contribution in [2.45, 2.75) is 30.7 Å². The molecular formula is C20H22N6O3S. The van der Waals surface area contributed by atoms with Gasteiger partial charge in [-0.15, -0.1) is 0 Å². The highest BCUT2D eigenvalue weighted by Crippen LogP contribution is 2.38. The molecule has 0 unspecified atom stereocenters. The van der Waals surface area contributed by atoms with Crippen molar-refractivity contribution in [1.82, 2.24) is 24.2 Å². The Morgan fingerprint density at radius 3 is 2.77 bits per heavy atom. The first-order valence-corrected chi connectivity index (χ1v) is 11.0. The van der Waals surface area contributed by atoms with E-state index in [1.165, 1.54) is 11.4 Å². The molecule has 0 bridgehead atoms. The van der Waals surface area contributed by atoms with Gasteiger partial charge in [-0.3, -0.25) is 4.98 Å². The Bertz CT molecular complexity index is 1140. The predicted molar refractivity (Wildman–Crippen MR) is 111 cm³/mol. The van der Waals surface area contributed by atoms with Gasteiger partial charge in [0.2, 0.25) is 16.0 Å². The number of sulfonamides is 1. The van der Waals surface area contributed by atoms with Crippen molar-refractivity contribution in [3.8, 4) is 5.75 Å². The maximum atomic E-state index is 13.5. The minimum Gasteiger partial charge on any atom is -0.495 e. The van der Waals surface area contributed by atoms with E-state index in [0.717, 1.165) is 12.0 Å². The van der Waals surface area contributed by atoms with E-state index in [1.807, 2.05) is 13.0 Å². The van der Waals surface area contributed by atoms with Crippen molar-refractivity contribution in [2.24, 2.45) is 0 Å². The van der Waals surface area contributed by atoms with E-state index in [1.54, 1.807) is 43.0 Å². The Kier molecular flexibility index (Phi) is 5.60. The predicted octanol–water partition coefficient (Wildman–Crippen LogP) is 2.85. The number of nitrogens with one attached hydrogen (secondary N) is 1. The summed E-state index contributed by atoms with van der Waals surface area (Å²) in [5.74, 6) is 1.18. The summed E-state index contributed by atoms with van der Waals surface area (Å²) in [6, 6.07) is 6.45. The lowest BCUT2D eigenvalue weighted by Gasteiger charge is -2.24. The number of methoxy groups -OCH3 is 1. The zero-order valence-electron chi connectivity index (χ0n) is 16.7. The molecule has 3 aromatic rings. The van der Waals surface area contributed by atoms with Crippen LogP contribution in [0.2, 0.25) is 0 Å². The lowest BCUT2D eigenvalue weighted by atomic mass is 10.2. The average molecular weight is 427 g/mol. The molecule has 0 aliphatic carbocycles. The summed E-state index contributed by atoms with van der Waals surface area (Å²) in [5, 5.41) is 2.99. The summed E-state index contributed by atoms with van der Waals surface area (Å²) in [6.07, 6.45) is 7.78. The number of aryl methyl sites for hydroxylation is 1. The van der Waals surface area contributed by atoms with Crippen LogP contribution in [0.15, 0.2) is 53.9 Å². The van der Waals surface area contributed by atoms with Crippen LogP contribution in [0.1, 0.15) is 30.1 Å². The van der Waals surface area contributed by atoms with Gasteiger partial charge in [0.25, 0.3) is 0 Å². The van der Waals surface area contributed by atoms with E-state index < -0.39 is 16.1 Å². The van der Waals surface area contributed by atoms with Crippen molar-refractivity contribution in [3.63, 3.8) is 0 Å². The number of ether oxygens (including phenoxy) is 1. The maximum Gasteiger partial charge on any atom is 0.247 e. The minimum atomic E-state index is -3.78. The molecule has 2 aromatic heterocycles. The molecule has 0 radical (unpaired) electrons. The molecule has 3 heterocycles. The van der Waals surface area contributed by atoms with Crippen LogP contribution < -0.4 is 10.1 Å². The molecule has 1 fully saturated rings. The molecule has 9 nitrogen and oxygen atoms in total. The number of nitrogens with zero attached hydrogens (tertiary/aromatic N) is 5. The Morgan fingerprint density at radius 2 is 2.00 bits per heavy atom. The molecule has 1 aromatic carbocycles. The fourth-order valence-corrected chi connectivity index (χ4v) is 5.43. The Hall–Kier alpha value is -3.11. The van der Waals surface area contributed by atoms with Gasteiger partial charge in [-0.05, 0) is 43.5 Å². The van der Waals surface area contributed by atoms with E-state index in [2.05, 4.69) is 25.3 Å². The minimum absolute atomic E-state index is 0.164. The molecule has 0 spiro atoms. The smallest absolute Gasteiger partial charge is 0.247 e. The summed E-state index contributed by atoms with van der Waals surface area (Å²) in [6.45, 7) is 2.26. The quantitative estimate of drug-likeness (QED) is 0.641. The van der Waals surface area contributed by atoms with Gasteiger partial charge in [0.1, 0.15) is 10.6 Å². The van der Waals surface area contributed by atoms with Gasteiger partial charge in [0.15, 0.2) is 5.82 Å². The molecule has 1 aliphatic rings. The first-order chi connectivity index (χ1) is 14.5. The van der Waals surface area contributed by atoms with Crippen molar-refractivity contribution < 1.29 is 13.2 Å². The molecule has 0 amide bonds. The van der Waals surface area contributed by atoms with Crippen molar-refractivity contribution in [1.29, 1.82) is 0 Å². The molecule has 1 aliphatic heterocycles. The summed E-state index contributed by atoms with van der Waals surface area (Å²) in [5.41, 5.74) is 1.42. The molecule has 4 rings (SSSR count). The summed E-state index contributed by atoms with van der Waals surface area (Å²) in [7, 11) is -2.31. The third kappa shape index (κ3) is 3.96. The fraction of sp³-hybridized carbons (Fsp3) is 0.300. The summed E-state index contributed by atoms with van der Waals surface area (Å²) in [4.78, 5) is 17.2. The third-order valence-electron chi connectivity index (χ3n) is 4.91. The number of anilines is 2. The highest BCUT2D eigenvalue weighted by Gasteiger charge is 2.38. The lowest BCUT2D eigenvalue weighted by Crippen LogP contribution is -2.31.